The van der Waals surface area contributed by atoms with Crippen LogP contribution in [-0.2, 0) is 11.9 Å². The number of aliphatic hydroxyl groups is 1. The molecular weight excluding hydrogens is 411 g/mol. The van der Waals surface area contributed by atoms with Crippen molar-refractivity contribution < 1.29 is 19.1 Å². The Labute approximate surface area is 157 Å². The molecule has 1 amide bonds. The number of aliphatic hydroxyl groups excluding tert-OH is 1. The lowest BCUT2D eigenvalue weighted by atomic mass is 10.2. The van der Waals surface area contributed by atoms with Gasteiger partial charge in [-0.25, -0.2) is 14.6 Å². The lowest BCUT2D eigenvalue weighted by molar-refractivity contribution is -0.00717. The summed E-state index contributed by atoms with van der Waals surface area (Å²) >= 11 is 3.16. The molecule has 26 heavy (non-hydrogen) atoms. The number of benzene rings is 1. The maximum absolute atomic E-state index is 14.1. The summed E-state index contributed by atoms with van der Waals surface area (Å²) in [4.78, 5) is 29.4. The molecular formula is C16H18BrFN4O4. The molecule has 0 fully saturated rings. The van der Waals surface area contributed by atoms with E-state index in [1.54, 1.807) is 6.07 Å². The van der Waals surface area contributed by atoms with Crippen LogP contribution in [0.25, 0.3) is 0 Å². The number of carbonyl (C=O) groups excluding carboxylic acids is 1. The summed E-state index contributed by atoms with van der Waals surface area (Å²) in [7, 11) is 1.40. The van der Waals surface area contributed by atoms with Crippen LogP contribution in [0.5, 0.6) is 0 Å². The minimum atomic E-state index is -0.778. The molecule has 1 aromatic carbocycles. The topological polar surface area (TPSA) is 105 Å². The van der Waals surface area contributed by atoms with Gasteiger partial charge < -0.3 is 10.4 Å². The second kappa shape index (κ2) is 8.39. The first-order valence-corrected chi connectivity index (χ1v) is 8.40. The summed E-state index contributed by atoms with van der Waals surface area (Å²) in [5.41, 5.74) is 1.86. The number of aromatic nitrogens is 2. The minimum absolute atomic E-state index is 0.0625. The second-order valence-corrected chi connectivity index (χ2v) is 6.53. The fraction of sp³-hybridized carbons (Fsp3) is 0.312. The highest BCUT2D eigenvalue weighted by Gasteiger charge is 2.21. The number of hydrogen-bond donors (Lipinski definition) is 3. The van der Waals surface area contributed by atoms with Crippen molar-refractivity contribution in [3.8, 4) is 0 Å². The lowest BCUT2D eigenvalue weighted by Gasteiger charge is -2.15. The molecule has 0 aliphatic carbocycles. The van der Waals surface area contributed by atoms with E-state index in [1.165, 1.54) is 33.0 Å². The number of halogens is 2. The highest BCUT2D eigenvalue weighted by atomic mass is 79.9. The van der Waals surface area contributed by atoms with Gasteiger partial charge in [0.25, 0.3) is 11.5 Å². The van der Waals surface area contributed by atoms with Crippen molar-refractivity contribution in [2.75, 3.05) is 11.9 Å². The third kappa shape index (κ3) is 4.65. The van der Waals surface area contributed by atoms with Gasteiger partial charge in [-0.05, 0) is 32.0 Å². The standard InChI is InChI=1S/C16H18BrFN4O4/c1-8(23)7-26-21-15(24)14-13(9(2)16(25)22(3)20-14)19-12-5-4-10(17)6-11(12)18/h4-6,8,19,23H,7H2,1-3H3,(H,21,24). The highest BCUT2D eigenvalue weighted by molar-refractivity contribution is 9.10. The van der Waals surface area contributed by atoms with Crippen molar-refractivity contribution in [3.63, 3.8) is 0 Å². The van der Waals surface area contributed by atoms with Gasteiger partial charge in [-0.1, -0.05) is 15.9 Å². The van der Waals surface area contributed by atoms with E-state index in [-0.39, 0.29) is 29.2 Å². The van der Waals surface area contributed by atoms with Gasteiger partial charge in [-0.3, -0.25) is 14.4 Å². The summed E-state index contributed by atoms with van der Waals surface area (Å²) in [5.74, 6) is -1.32. The van der Waals surface area contributed by atoms with E-state index in [4.69, 9.17) is 9.94 Å². The monoisotopic (exact) mass is 428 g/mol. The van der Waals surface area contributed by atoms with Gasteiger partial charge in [0.15, 0.2) is 5.69 Å². The number of carbonyl (C=O) groups is 1. The molecule has 1 heterocycles. The Hall–Kier alpha value is -2.30. The van der Waals surface area contributed by atoms with Gasteiger partial charge in [-0.2, -0.15) is 5.10 Å². The van der Waals surface area contributed by atoms with Crippen LogP contribution < -0.4 is 16.4 Å². The van der Waals surface area contributed by atoms with Crippen LogP contribution in [0.2, 0.25) is 0 Å². The average molecular weight is 429 g/mol. The quantitative estimate of drug-likeness (QED) is 0.605. The first kappa shape index (κ1) is 20.0. The summed E-state index contributed by atoms with van der Waals surface area (Å²) in [5, 5.41) is 15.8. The van der Waals surface area contributed by atoms with Crippen LogP contribution in [0.15, 0.2) is 27.5 Å². The van der Waals surface area contributed by atoms with Crippen LogP contribution in [-0.4, -0.2) is 33.5 Å². The number of aryl methyl sites for hydroxylation is 1. The number of amides is 1. The van der Waals surface area contributed by atoms with E-state index < -0.39 is 23.4 Å². The second-order valence-electron chi connectivity index (χ2n) is 5.62. The molecule has 3 N–H and O–H groups in total. The molecule has 1 aromatic heterocycles. The zero-order valence-corrected chi connectivity index (χ0v) is 15.9. The Bertz CT molecular complexity index is 885. The molecule has 0 spiro atoms. The van der Waals surface area contributed by atoms with Crippen molar-refractivity contribution in [1.82, 2.24) is 15.3 Å². The minimum Gasteiger partial charge on any atom is -0.391 e. The van der Waals surface area contributed by atoms with Crippen molar-refractivity contribution in [2.24, 2.45) is 7.05 Å². The predicted octanol–water partition coefficient (Wildman–Crippen LogP) is 1.78. The smallest absolute Gasteiger partial charge is 0.297 e. The molecule has 0 saturated carbocycles. The van der Waals surface area contributed by atoms with E-state index in [1.807, 2.05) is 0 Å². The summed E-state index contributed by atoms with van der Waals surface area (Å²) in [6.07, 6.45) is -0.778. The number of hydrogen-bond acceptors (Lipinski definition) is 6. The molecule has 2 aromatic rings. The van der Waals surface area contributed by atoms with Gasteiger partial charge in [0, 0.05) is 17.1 Å². The van der Waals surface area contributed by atoms with Gasteiger partial charge in [0.05, 0.1) is 17.5 Å². The van der Waals surface area contributed by atoms with Crippen LogP contribution >= 0.6 is 15.9 Å². The van der Waals surface area contributed by atoms with E-state index >= 15 is 0 Å². The molecule has 0 aliphatic rings. The molecule has 1 unspecified atom stereocenters. The van der Waals surface area contributed by atoms with Crippen molar-refractivity contribution >= 4 is 33.2 Å². The molecule has 140 valence electrons. The zero-order valence-electron chi connectivity index (χ0n) is 14.3. The van der Waals surface area contributed by atoms with Crippen molar-refractivity contribution in [1.29, 1.82) is 0 Å². The van der Waals surface area contributed by atoms with Crippen molar-refractivity contribution in [2.45, 2.75) is 20.0 Å². The van der Waals surface area contributed by atoms with Crippen LogP contribution in [0, 0.1) is 12.7 Å². The zero-order chi connectivity index (χ0) is 19.4. The van der Waals surface area contributed by atoms with Crippen LogP contribution in [0.3, 0.4) is 0 Å². The molecule has 2 rings (SSSR count). The van der Waals surface area contributed by atoms with Gasteiger partial charge in [0.1, 0.15) is 12.4 Å². The van der Waals surface area contributed by atoms with Gasteiger partial charge in [0.2, 0.25) is 0 Å². The first-order chi connectivity index (χ1) is 12.2. The predicted molar refractivity (Wildman–Crippen MR) is 96.7 cm³/mol. The molecule has 8 nitrogen and oxygen atoms in total. The van der Waals surface area contributed by atoms with Gasteiger partial charge >= 0.3 is 0 Å². The van der Waals surface area contributed by atoms with E-state index in [0.717, 1.165) is 4.68 Å². The molecule has 0 saturated heterocycles. The Morgan fingerprint density at radius 2 is 2.19 bits per heavy atom. The van der Waals surface area contributed by atoms with E-state index in [2.05, 4.69) is 31.8 Å². The lowest BCUT2D eigenvalue weighted by Crippen LogP contribution is -2.33. The first-order valence-electron chi connectivity index (χ1n) is 7.61. The Morgan fingerprint density at radius 3 is 2.81 bits per heavy atom. The summed E-state index contributed by atoms with van der Waals surface area (Å²) < 4.78 is 15.7. The maximum atomic E-state index is 14.1. The Kier molecular flexibility index (Phi) is 6.46. The number of anilines is 2. The average Bonchev–Trinajstić information content (AvgIpc) is 2.56. The summed E-state index contributed by atoms with van der Waals surface area (Å²) in [6, 6.07) is 4.32. The summed E-state index contributed by atoms with van der Waals surface area (Å²) in [6.45, 7) is 2.86. The highest BCUT2D eigenvalue weighted by Crippen LogP contribution is 2.25. The number of rotatable bonds is 6. The van der Waals surface area contributed by atoms with E-state index in [0.29, 0.717) is 4.47 Å². The third-order valence-electron chi connectivity index (χ3n) is 3.37. The molecule has 0 bridgehead atoms. The number of nitrogens with one attached hydrogen (secondary N) is 2. The molecule has 10 heteroatoms. The van der Waals surface area contributed by atoms with Crippen molar-refractivity contribution in [3.05, 3.63) is 50.1 Å². The molecule has 0 radical (unpaired) electrons. The maximum Gasteiger partial charge on any atom is 0.297 e. The van der Waals surface area contributed by atoms with Crippen LogP contribution in [0.4, 0.5) is 15.8 Å². The number of hydroxylamine groups is 1. The number of nitrogens with zero attached hydrogens (tertiary/aromatic N) is 2. The Balaban J connectivity index is 2.41. The molecule has 0 aliphatic heterocycles. The fourth-order valence-electron chi connectivity index (χ4n) is 2.09. The Morgan fingerprint density at radius 1 is 1.50 bits per heavy atom. The molecule has 1 atom stereocenters. The SMILES string of the molecule is Cc1c(Nc2ccc(Br)cc2F)c(C(=O)NOCC(C)O)nn(C)c1=O. The van der Waals surface area contributed by atoms with Crippen LogP contribution in [0.1, 0.15) is 23.0 Å². The van der Waals surface area contributed by atoms with E-state index in [9.17, 15) is 14.0 Å². The fourth-order valence-corrected chi connectivity index (χ4v) is 2.42. The third-order valence-corrected chi connectivity index (χ3v) is 3.87. The normalized spacial score (nSPS) is 11.9. The largest absolute Gasteiger partial charge is 0.391 e. The van der Waals surface area contributed by atoms with Gasteiger partial charge in [-0.15, -0.1) is 0 Å².